The minimum atomic E-state index is -0.627. The Morgan fingerprint density at radius 2 is 2.25 bits per heavy atom. The SMILES string of the molecule is N#Cc1ccc(N)cc1OCC(O)CCN. The molecule has 0 aliphatic carbocycles. The third-order valence-electron chi connectivity index (χ3n) is 2.06. The van der Waals surface area contributed by atoms with Crippen LogP contribution in [-0.2, 0) is 0 Å². The van der Waals surface area contributed by atoms with E-state index < -0.39 is 6.10 Å². The summed E-state index contributed by atoms with van der Waals surface area (Å²) in [6, 6.07) is 6.76. The standard InChI is InChI=1S/C11H15N3O2/c12-4-3-10(15)7-16-11-5-9(14)2-1-8(11)6-13/h1-2,5,10,15H,3-4,7,12,14H2. The number of nitriles is 1. The number of ether oxygens (including phenoxy) is 1. The molecule has 5 heteroatoms. The van der Waals surface area contributed by atoms with Crippen molar-refractivity contribution in [2.45, 2.75) is 12.5 Å². The number of aliphatic hydroxyl groups excluding tert-OH is 1. The molecule has 1 rings (SSSR count). The number of nitrogen functional groups attached to an aromatic ring is 1. The molecule has 0 spiro atoms. The predicted molar refractivity (Wildman–Crippen MR) is 60.7 cm³/mol. The summed E-state index contributed by atoms with van der Waals surface area (Å²) < 4.78 is 5.32. The topological polar surface area (TPSA) is 105 Å². The van der Waals surface area contributed by atoms with E-state index in [0.29, 0.717) is 30.0 Å². The van der Waals surface area contributed by atoms with Crippen molar-refractivity contribution in [3.8, 4) is 11.8 Å². The van der Waals surface area contributed by atoms with E-state index >= 15 is 0 Å². The van der Waals surface area contributed by atoms with Crippen molar-refractivity contribution in [1.29, 1.82) is 5.26 Å². The van der Waals surface area contributed by atoms with Gasteiger partial charge in [-0.05, 0) is 25.1 Å². The van der Waals surface area contributed by atoms with Gasteiger partial charge in [-0.25, -0.2) is 0 Å². The molecule has 1 atom stereocenters. The van der Waals surface area contributed by atoms with Crippen LogP contribution in [0.15, 0.2) is 18.2 Å². The van der Waals surface area contributed by atoms with Crippen molar-refractivity contribution in [2.24, 2.45) is 5.73 Å². The summed E-state index contributed by atoms with van der Waals surface area (Å²) in [6.45, 7) is 0.502. The Morgan fingerprint density at radius 1 is 1.50 bits per heavy atom. The van der Waals surface area contributed by atoms with Gasteiger partial charge in [0, 0.05) is 11.8 Å². The number of anilines is 1. The maximum atomic E-state index is 9.42. The Labute approximate surface area is 94.2 Å². The smallest absolute Gasteiger partial charge is 0.139 e. The van der Waals surface area contributed by atoms with Crippen molar-refractivity contribution in [3.05, 3.63) is 23.8 Å². The summed E-state index contributed by atoms with van der Waals surface area (Å²) in [7, 11) is 0. The van der Waals surface area contributed by atoms with Crippen LogP contribution in [0.4, 0.5) is 5.69 Å². The Morgan fingerprint density at radius 3 is 2.88 bits per heavy atom. The Hall–Kier alpha value is -1.77. The number of aliphatic hydroxyl groups is 1. The summed E-state index contributed by atoms with van der Waals surface area (Å²) in [5.41, 5.74) is 11.8. The van der Waals surface area contributed by atoms with Crippen molar-refractivity contribution >= 4 is 5.69 Å². The molecular formula is C11H15N3O2. The molecule has 86 valence electrons. The Balaban J connectivity index is 2.66. The molecule has 5 nitrogen and oxygen atoms in total. The molecule has 5 N–H and O–H groups in total. The van der Waals surface area contributed by atoms with Gasteiger partial charge >= 0.3 is 0 Å². The molecule has 1 aromatic rings. The van der Waals surface area contributed by atoms with Crippen molar-refractivity contribution in [2.75, 3.05) is 18.9 Å². The van der Waals surface area contributed by atoms with E-state index in [2.05, 4.69) is 0 Å². The third kappa shape index (κ3) is 3.42. The second-order valence-electron chi connectivity index (χ2n) is 3.41. The van der Waals surface area contributed by atoms with Gasteiger partial charge in [-0.2, -0.15) is 5.26 Å². The summed E-state index contributed by atoms with van der Waals surface area (Å²) in [4.78, 5) is 0. The number of benzene rings is 1. The van der Waals surface area contributed by atoms with E-state index in [1.807, 2.05) is 6.07 Å². The van der Waals surface area contributed by atoms with E-state index in [4.69, 9.17) is 21.5 Å². The minimum absolute atomic E-state index is 0.106. The second kappa shape index (κ2) is 5.95. The molecule has 1 unspecified atom stereocenters. The Kier molecular flexibility index (Phi) is 4.58. The van der Waals surface area contributed by atoms with Gasteiger partial charge in [-0.3, -0.25) is 0 Å². The maximum Gasteiger partial charge on any atom is 0.139 e. The molecule has 0 saturated carbocycles. The third-order valence-corrected chi connectivity index (χ3v) is 2.06. The van der Waals surface area contributed by atoms with E-state index in [9.17, 15) is 5.11 Å². The van der Waals surface area contributed by atoms with E-state index in [1.54, 1.807) is 18.2 Å². The van der Waals surface area contributed by atoms with Crippen LogP contribution in [0.5, 0.6) is 5.75 Å². The highest BCUT2D eigenvalue weighted by Crippen LogP contribution is 2.21. The lowest BCUT2D eigenvalue weighted by atomic mass is 10.2. The molecule has 1 aromatic carbocycles. The molecule has 0 aliphatic heterocycles. The summed E-state index contributed by atoms with van der Waals surface area (Å²) in [5, 5.41) is 18.2. The van der Waals surface area contributed by atoms with Crippen LogP contribution in [-0.4, -0.2) is 24.4 Å². The largest absolute Gasteiger partial charge is 0.489 e. The van der Waals surface area contributed by atoms with Gasteiger partial charge in [0.25, 0.3) is 0 Å². The first kappa shape index (κ1) is 12.3. The van der Waals surface area contributed by atoms with Crippen LogP contribution >= 0.6 is 0 Å². The molecule has 0 aliphatic rings. The monoisotopic (exact) mass is 221 g/mol. The highest BCUT2D eigenvalue weighted by Gasteiger charge is 2.07. The van der Waals surface area contributed by atoms with Crippen molar-refractivity contribution < 1.29 is 9.84 Å². The lowest BCUT2D eigenvalue weighted by molar-refractivity contribution is 0.102. The minimum Gasteiger partial charge on any atom is -0.489 e. The van der Waals surface area contributed by atoms with Gasteiger partial charge in [0.2, 0.25) is 0 Å². The molecule has 0 aromatic heterocycles. The number of nitrogens with zero attached hydrogens (tertiary/aromatic N) is 1. The number of nitrogens with two attached hydrogens (primary N) is 2. The second-order valence-corrected chi connectivity index (χ2v) is 3.41. The fourth-order valence-electron chi connectivity index (χ4n) is 1.21. The van der Waals surface area contributed by atoms with Crippen LogP contribution in [0.1, 0.15) is 12.0 Å². The first-order valence-corrected chi connectivity index (χ1v) is 4.98. The van der Waals surface area contributed by atoms with E-state index in [0.717, 1.165) is 0 Å². The maximum absolute atomic E-state index is 9.42. The van der Waals surface area contributed by atoms with Gasteiger partial charge in [0.05, 0.1) is 11.7 Å². The van der Waals surface area contributed by atoms with E-state index in [1.165, 1.54) is 0 Å². The normalized spacial score (nSPS) is 11.8. The van der Waals surface area contributed by atoms with Crippen LogP contribution in [0, 0.1) is 11.3 Å². The molecule has 0 radical (unpaired) electrons. The van der Waals surface area contributed by atoms with E-state index in [-0.39, 0.29) is 6.61 Å². The highest BCUT2D eigenvalue weighted by atomic mass is 16.5. The van der Waals surface area contributed by atoms with Crippen LogP contribution in [0.25, 0.3) is 0 Å². The average molecular weight is 221 g/mol. The van der Waals surface area contributed by atoms with Gasteiger partial charge in [0.15, 0.2) is 0 Å². The van der Waals surface area contributed by atoms with Gasteiger partial charge in [0.1, 0.15) is 18.4 Å². The van der Waals surface area contributed by atoms with Gasteiger partial charge < -0.3 is 21.3 Å². The molecule has 16 heavy (non-hydrogen) atoms. The average Bonchev–Trinajstić information content (AvgIpc) is 2.27. The molecule has 0 amide bonds. The zero-order chi connectivity index (χ0) is 12.0. The number of hydrogen-bond acceptors (Lipinski definition) is 5. The van der Waals surface area contributed by atoms with Crippen molar-refractivity contribution in [1.82, 2.24) is 0 Å². The zero-order valence-corrected chi connectivity index (χ0v) is 8.89. The molecule has 0 heterocycles. The molecule has 0 saturated heterocycles. The first-order valence-electron chi connectivity index (χ1n) is 4.98. The number of rotatable bonds is 5. The van der Waals surface area contributed by atoms with Crippen molar-refractivity contribution in [3.63, 3.8) is 0 Å². The molecule has 0 bridgehead atoms. The fraction of sp³-hybridized carbons (Fsp3) is 0.364. The lowest BCUT2D eigenvalue weighted by Gasteiger charge is -2.12. The van der Waals surface area contributed by atoms with Crippen LogP contribution in [0.3, 0.4) is 0 Å². The predicted octanol–water partition coefficient (Wildman–Crippen LogP) is 0.229. The summed E-state index contributed by atoms with van der Waals surface area (Å²) in [5.74, 6) is 0.388. The number of hydrogen-bond donors (Lipinski definition) is 3. The highest BCUT2D eigenvalue weighted by molar-refractivity contribution is 5.52. The Bertz CT molecular complexity index is 387. The first-order chi connectivity index (χ1) is 7.67. The molecule has 0 fully saturated rings. The van der Waals surface area contributed by atoms with Gasteiger partial charge in [-0.1, -0.05) is 0 Å². The van der Waals surface area contributed by atoms with Crippen LogP contribution < -0.4 is 16.2 Å². The van der Waals surface area contributed by atoms with Crippen LogP contribution in [0.2, 0.25) is 0 Å². The summed E-state index contributed by atoms with van der Waals surface area (Å²) >= 11 is 0. The summed E-state index contributed by atoms with van der Waals surface area (Å²) in [6.07, 6.45) is -0.164. The molecular weight excluding hydrogens is 206 g/mol. The zero-order valence-electron chi connectivity index (χ0n) is 8.89. The quantitative estimate of drug-likeness (QED) is 0.617. The van der Waals surface area contributed by atoms with Gasteiger partial charge in [-0.15, -0.1) is 0 Å². The lowest BCUT2D eigenvalue weighted by Crippen LogP contribution is -2.21. The fourth-order valence-corrected chi connectivity index (χ4v) is 1.21.